The van der Waals surface area contributed by atoms with Crippen molar-refractivity contribution in [3.8, 4) is 5.75 Å². The van der Waals surface area contributed by atoms with Crippen LogP contribution < -0.4 is 4.74 Å². The molecule has 0 atom stereocenters. The molecule has 20 heavy (non-hydrogen) atoms. The van der Waals surface area contributed by atoms with Crippen molar-refractivity contribution in [2.45, 2.75) is 32.8 Å². The van der Waals surface area contributed by atoms with E-state index in [9.17, 15) is 4.79 Å². The van der Waals surface area contributed by atoms with Crippen molar-refractivity contribution in [1.29, 1.82) is 0 Å². The largest absolute Gasteiger partial charge is 0.488 e. The Hall–Kier alpha value is -2.09. The van der Waals surface area contributed by atoms with Crippen LogP contribution in [-0.2, 0) is 6.42 Å². The summed E-state index contributed by atoms with van der Waals surface area (Å²) < 4.78 is 5.79. The zero-order chi connectivity index (χ0) is 14.6. The van der Waals surface area contributed by atoms with Crippen LogP contribution in [0.2, 0.25) is 0 Å². The Balaban J connectivity index is 2.12. The van der Waals surface area contributed by atoms with E-state index in [0.717, 1.165) is 11.3 Å². The second-order valence-electron chi connectivity index (χ2n) is 5.83. The van der Waals surface area contributed by atoms with E-state index in [2.05, 4.69) is 0 Å². The minimum Gasteiger partial charge on any atom is -0.488 e. The molecule has 0 unspecified atom stereocenters. The van der Waals surface area contributed by atoms with Crippen LogP contribution in [0.3, 0.4) is 0 Å². The van der Waals surface area contributed by atoms with Gasteiger partial charge in [0.05, 0.1) is 0 Å². The van der Waals surface area contributed by atoms with Crippen LogP contribution in [0.1, 0.15) is 36.7 Å². The minimum absolute atomic E-state index is 0.107. The van der Waals surface area contributed by atoms with E-state index < -0.39 is 0 Å². The Labute approximate surface area is 120 Å². The highest BCUT2D eigenvalue weighted by Crippen LogP contribution is 2.20. The number of carbonyl (C=O) groups excluding carboxylic acids is 1. The maximum atomic E-state index is 12.3. The van der Waals surface area contributed by atoms with Crippen LogP contribution in [0, 0.1) is 0 Å². The monoisotopic (exact) mass is 268 g/mol. The minimum atomic E-state index is -0.263. The average molecular weight is 268 g/mol. The molecule has 2 rings (SSSR count). The van der Waals surface area contributed by atoms with Crippen molar-refractivity contribution in [2.75, 3.05) is 0 Å². The van der Waals surface area contributed by atoms with Gasteiger partial charge >= 0.3 is 0 Å². The highest BCUT2D eigenvalue weighted by Gasteiger charge is 2.13. The summed E-state index contributed by atoms with van der Waals surface area (Å²) in [5.74, 6) is 0.840. The maximum Gasteiger partial charge on any atom is 0.167 e. The SMILES string of the molecule is CC(C)(C)Oc1cccc(C(=O)Cc2ccccc2)c1. The molecular formula is C18H20O2. The number of hydrogen-bond donors (Lipinski definition) is 0. The van der Waals surface area contributed by atoms with Crippen LogP contribution in [0.5, 0.6) is 5.75 Å². The van der Waals surface area contributed by atoms with Gasteiger partial charge in [-0.2, -0.15) is 0 Å². The van der Waals surface area contributed by atoms with Crippen LogP contribution >= 0.6 is 0 Å². The van der Waals surface area contributed by atoms with E-state index in [4.69, 9.17) is 4.74 Å². The predicted molar refractivity (Wildman–Crippen MR) is 81.3 cm³/mol. The Morgan fingerprint density at radius 1 is 1.00 bits per heavy atom. The first-order valence-electron chi connectivity index (χ1n) is 6.80. The molecule has 0 saturated carbocycles. The first-order chi connectivity index (χ1) is 9.44. The Morgan fingerprint density at radius 3 is 2.35 bits per heavy atom. The highest BCUT2D eigenvalue weighted by molar-refractivity contribution is 5.97. The lowest BCUT2D eigenvalue weighted by Crippen LogP contribution is -2.23. The van der Waals surface area contributed by atoms with E-state index in [-0.39, 0.29) is 11.4 Å². The van der Waals surface area contributed by atoms with Crippen LogP contribution in [0.15, 0.2) is 54.6 Å². The van der Waals surface area contributed by atoms with Gasteiger partial charge in [-0.1, -0.05) is 42.5 Å². The van der Waals surface area contributed by atoms with Gasteiger partial charge in [0, 0.05) is 12.0 Å². The number of carbonyl (C=O) groups is 1. The first kappa shape index (κ1) is 14.3. The first-order valence-corrected chi connectivity index (χ1v) is 6.80. The fraction of sp³-hybridized carbons (Fsp3) is 0.278. The van der Waals surface area contributed by atoms with E-state index in [1.165, 1.54) is 0 Å². The quantitative estimate of drug-likeness (QED) is 0.773. The summed E-state index contributed by atoms with van der Waals surface area (Å²) in [6, 6.07) is 17.2. The number of benzene rings is 2. The second-order valence-corrected chi connectivity index (χ2v) is 5.83. The summed E-state index contributed by atoms with van der Waals surface area (Å²) in [4.78, 5) is 12.3. The molecule has 0 aliphatic heterocycles. The van der Waals surface area contributed by atoms with Crippen molar-refractivity contribution in [2.24, 2.45) is 0 Å². The van der Waals surface area contributed by atoms with Gasteiger partial charge in [-0.3, -0.25) is 4.79 Å². The molecule has 0 heterocycles. The number of rotatable bonds is 4. The van der Waals surface area contributed by atoms with E-state index in [1.54, 1.807) is 0 Å². The van der Waals surface area contributed by atoms with Gasteiger partial charge in [0.25, 0.3) is 0 Å². The molecule has 0 aromatic heterocycles. The lowest BCUT2D eigenvalue weighted by Gasteiger charge is -2.21. The number of Topliss-reactive ketones (excluding diaryl/α,β-unsaturated/α-hetero) is 1. The molecule has 0 radical (unpaired) electrons. The molecule has 0 bridgehead atoms. The fourth-order valence-electron chi connectivity index (χ4n) is 1.97. The molecule has 2 nitrogen and oxygen atoms in total. The van der Waals surface area contributed by atoms with Gasteiger partial charge in [-0.05, 0) is 38.5 Å². The Morgan fingerprint density at radius 2 is 1.70 bits per heavy atom. The predicted octanol–water partition coefficient (Wildman–Crippen LogP) is 4.29. The molecule has 2 aromatic rings. The van der Waals surface area contributed by atoms with E-state index in [0.29, 0.717) is 12.0 Å². The van der Waals surface area contributed by atoms with Gasteiger partial charge in [-0.25, -0.2) is 0 Å². The number of ether oxygens (including phenoxy) is 1. The normalized spacial score (nSPS) is 11.2. The lowest BCUT2D eigenvalue weighted by molar-refractivity contribution is 0.0989. The van der Waals surface area contributed by atoms with E-state index >= 15 is 0 Å². The third kappa shape index (κ3) is 4.23. The molecule has 104 valence electrons. The summed E-state index contributed by atoms with van der Waals surface area (Å²) >= 11 is 0. The third-order valence-corrected chi connectivity index (χ3v) is 2.79. The summed E-state index contributed by atoms with van der Waals surface area (Å²) in [7, 11) is 0. The van der Waals surface area contributed by atoms with Crippen LogP contribution in [0.25, 0.3) is 0 Å². The molecule has 0 amide bonds. The zero-order valence-electron chi connectivity index (χ0n) is 12.2. The smallest absolute Gasteiger partial charge is 0.167 e. The number of ketones is 1. The molecule has 0 saturated heterocycles. The van der Waals surface area contributed by atoms with Gasteiger partial charge in [0.1, 0.15) is 11.4 Å². The van der Waals surface area contributed by atoms with Gasteiger partial charge < -0.3 is 4.74 Å². The third-order valence-electron chi connectivity index (χ3n) is 2.79. The van der Waals surface area contributed by atoms with Crippen molar-refractivity contribution in [3.63, 3.8) is 0 Å². The summed E-state index contributed by atoms with van der Waals surface area (Å²) in [6.45, 7) is 5.97. The fourth-order valence-corrected chi connectivity index (χ4v) is 1.97. The molecule has 0 aliphatic carbocycles. The topological polar surface area (TPSA) is 26.3 Å². The van der Waals surface area contributed by atoms with E-state index in [1.807, 2.05) is 75.4 Å². The standard InChI is InChI=1S/C18H20O2/c1-18(2,3)20-16-11-7-10-15(13-16)17(19)12-14-8-5-4-6-9-14/h4-11,13H,12H2,1-3H3. The van der Waals surface area contributed by atoms with Gasteiger partial charge in [0.2, 0.25) is 0 Å². The molecule has 0 spiro atoms. The molecule has 2 aromatic carbocycles. The molecule has 0 fully saturated rings. The molecule has 0 N–H and O–H groups in total. The zero-order valence-corrected chi connectivity index (χ0v) is 12.2. The van der Waals surface area contributed by atoms with Crippen molar-refractivity contribution in [3.05, 3.63) is 65.7 Å². The Kier molecular flexibility index (Phi) is 4.23. The summed E-state index contributed by atoms with van der Waals surface area (Å²) in [5.41, 5.74) is 1.46. The van der Waals surface area contributed by atoms with Crippen molar-refractivity contribution >= 4 is 5.78 Å². The summed E-state index contributed by atoms with van der Waals surface area (Å²) in [5, 5.41) is 0. The molecule has 0 aliphatic rings. The average Bonchev–Trinajstić information content (AvgIpc) is 2.38. The number of hydrogen-bond acceptors (Lipinski definition) is 2. The maximum absolute atomic E-state index is 12.3. The van der Waals surface area contributed by atoms with Gasteiger partial charge in [-0.15, -0.1) is 0 Å². The van der Waals surface area contributed by atoms with Crippen molar-refractivity contribution in [1.82, 2.24) is 0 Å². The lowest BCUT2D eigenvalue weighted by atomic mass is 10.0. The Bertz CT molecular complexity index is 580. The van der Waals surface area contributed by atoms with Crippen LogP contribution in [0.4, 0.5) is 0 Å². The molecular weight excluding hydrogens is 248 g/mol. The molecule has 2 heteroatoms. The van der Waals surface area contributed by atoms with Crippen LogP contribution in [-0.4, -0.2) is 11.4 Å². The van der Waals surface area contributed by atoms with Crippen molar-refractivity contribution < 1.29 is 9.53 Å². The van der Waals surface area contributed by atoms with Gasteiger partial charge in [0.15, 0.2) is 5.78 Å². The second kappa shape index (κ2) is 5.91. The highest BCUT2D eigenvalue weighted by atomic mass is 16.5. The summed E-state index contributed by atoms with van der Waals surface area (Å²) in [6.07, 6.45) is 0.416.